The molecule has 3 nitrogen and oxygen atoms in total. The van der Waals surface area contributed by atoms with Crippen LogP contribution in [-0.2, 0) is 0 Å². The van der Waals surface area contributed by atoms with Crippen LogP contribution in [0.3, 0.4) is 0 Å². The largest absolute Gasteiger partial charge is 0.393 e. The molecular formula is C9H12ClN3S. The summed E-state index contributed by atoms with van der Waals surface area (Å²) >= 11 is 10.8. The summed E-state index contributed by atoms with van der Waals surface area (Å²) in [5.41, 5.74) is 5.41. The highest BCUT2D eigenvalue weighted by Crippen LogP contribution is 2.20. The number of halogens is 1. The summed E-state index contributed by atoms with van der Waals surface area (Å²) in [5.74, 6) is 0.755. The normalized spacial score (nSPS) is 9.86. The van der Waals surface area contributed by atoms with Gasteiger partial charge < -0.3 is 10.6 Å². The molecule has 0 spiro atoms. The van der Waals surface area contributed by atoms with Gasteiger partial charge in [-0.1, -0.05) is 23.8 Å². The summed E-state index contributed by atoms with van der Waals surface area (Å²) in [6.45, 7) is 0.728. The van der Waals surface area contributed by atoms with E-state index in [-0.39, 0.29) is 0 Å². The molecule has 1 heterocycles. The molecule has 2 N–H and O–H groups in total. The van der Waals surface area contributed by atoms with Crippen molar-refractivity contribution in [2.45, 2.75) is 6.42 Å². The molecule has 0 saturated heterocycles. The second-order valence-electron chi connectivity index (χ2n) is 2.95. The Balaban J connectivity index is 2.65. The molecule has 0 aliphatic heterocycles. The van der Waals surface area contributed by atoms with Crippen LogP contribution in [0, 0.1) is 0 Å². The highest BCUT2D eigenvalue weighted by atomic mass is 35.5. The number of nitrogens with zero attached hydrogens (tertiary/aromatic N) is 2. The number of thiocarbonyl (C=S) groups is 1. The minimum absolute atomic E-state index is 0.504. The average molecular weight is 230 g/mol. The Morgan fingerprint density at radius 3 is 3.00 bits per heavy atom. The first-order chi connectivity index (χ1) is 6.61. The van der Waals surface area contributed by atoms with Crippen LogP contribution in [0.1, 0.15) is 6.42 Å². The Labute approximate surface area is 93.9 Å². The molecule has 1 rings (SSSR count). The van der Waals surface area contributed by atoms with E-state index in [0.29, 0.717) is 16.4 Å². The molecule has 5 heteroatoms. The third kappa shape index (κ3) is 3.12. The Morgan fingerprint density at radius 2 is 2.43 bits per heavy atom. The van der Waals surface area contributed by atoms with E-state index in [4.69, 9.17) is 29.6 Å². The van der Waals surface area contributed by atoms with Crippen LogP contribution in [0.15, 0.2) is 18.3 Å². The first-order valence-corrected chi connectivity index (χ1v) is 5.00. The first kappa shape index (κ1) is 11.2. The van der Waals surface area contributed by atoms with E-state index in [1.54, 1.807) is 18.3 Å². The standard InChI is InChI=1S/C9H12ClN3S/c1-13(6-4-8(11)14)9-7(10)3-2-5-12-9/h2-3,5H,4,6H2,1H3,(H2,11,14). The predicted molar refractivity (Wildman–Crippen MR) is 63.9 cm³/mol. The van der Waals surface area contributed by atoms with Crippen LogP contribution in [0.4, 0.5) is 5.82 Å². The number of hydrogen-bond acceptors (Lipinski definition) is 3. The Morgan fingerprint density at radius 1 is 1.71 bits per heavy atom. The van der Waals surface area contributed by atoms with Crippen molar-refractivity contribution in [3.63, 3.8) is 0 Å². The van der Waals surface area contributed by atoms with Gasteiger partial charge in [0.1, 0.15) is 5.82 Å². The van der Waals surface area contributed by atoms with Crippen molar-refractivity contribution < 1.29 is 0 Å². The lowest BCUT2D eigenvalue weighted by atomic mass is 10.3. The van der Waals surface area contributed by atoms with Crippen LogP contribution >= 0.6 is 23.8 Å². The van der Waals surface area contributed by atoms with Crippen LogP contribution < -0.4 is 10.6 Å². The highest BCUT2D eigenvalue weighted by Gasteiger charge is 2.06. The van der Waals surface area contributed by atoms with Gasteiger partial charge in [-0.3, -0.25) is 0 Å². The zero-order chi connectivity index (χ0) is 10.6. The lowest BCUT2D eigenvalue weighted by Crippen LogP contribution is -2.24. The molecule has 0 bridgehead atoms. The molecule has 0 amide bonds. The van der Waals surface area contributed by atoms with E-state index in [9.17, 15) is 0 Å². The molecule has 14 heavy (non-hydrogen) atoms. The Bertz CT molecular complexity index is 330. The van der Waals surface area contributed by atoms with Gasteiger partial charge in [0, 0.05) is 26.2 Å². The molecule has 1 aromatic rings. The maximum atomic E-state index is 5.97. The van der Waals surface area contributed by atoms with Crippen LogP contribution in [-0.4, -0.2) is 23.6 Å². The van der Waals surface area contributed by atoms with Crippen molar-refractivity contribution in [3.05, 3.63) is 23.4 Å². The third-order valence-electron chi connectivity index (χ3n) is 1.79. The molecule has 0 aliphatic rings. The molecule has 0 saturated carbocycles. The molecule has 0 unspecified atom stereocenters. The minimum Gasteiger partial charge on any atom is -0.393 e. The zero-order valence-electron chi connectivity index (χ0n) is 7.90. The monoisotopic (exact) mass is 229 g/mol. The first-order valence-electron chi connectivity index (χ1n) is 4.21. The van der Waals surface area contributed by atoms with Crippen molar-refractivity contribution in [3.8, 4) is 0 Å². The van der Waals surface area contributed by atoms with Gasteiger partial charge in [0.05, 0.1) is 10.0 Å². The van der Waals surface area contributed by atoms with Crippen molar-refractivity contribution in [2.24, 2.45) is 5.73 Å². The maximum absolute atomic E-state index is 5.97. The maximum Gasteiger partial charge on any atom is 0.147 e. The van der Waals surface area contributed by atoms with Gasteiger partial charge in [-0.25, -0.2) is 4.98 Å². The lowest BCUT2D eigenvalue weighted by molar-refractivity contribution is 0.899. The molecule has 0 radical (unpaired) electrons. The lowest BCUT2D eigenvalue weighted by Gasteiger charge is -2.18. The van der Waals surface area contributed by atoms with E-state index in [2.05, 4.69) is 4.98 Å². The summed E-state index contributed by atoms with van der Waals surface area (Å²) in [6.07, 6.45) is 2.37. The van der Waals surface area contributed by atoms with Gasteiger partial charge in [0.25, 0.3) is 0 Å². The highest BCUT2D eigenvalue weighted by molar-refractivity contribution is 7.80. The van der Waals surface area contributed by atoms with E-state index in [1.807, 2.05) is 11.9 Å². The molecule has 0 aromatic carbocycles. The topological polar surface area (TPSA) is 42.1 Å². The zero-order valence-corrected chi connectivity index (χ0v) is 9.48. The van der Waals surface area contributed by atoms with Crippen molar-refractivity contribution in [2.75, 3.05) is 18.5 Å². The number of hydrogen-bond donors (Lipinski definition) is 1. The second kappa shape index (κ2) is 5.12. The van der Waals surface area contributed by atoms with E-state index < -0.39 is 0 Å². The number of aromatic nitrogens is 1. The summed E-state index contributed by atoms with van der Waals surface area (Å²) in [4.78, 5) is 6.60. The van der Waals surface area contributed by atoms with E-state index in [0.717, 1.165) is 12.4 Å². The van der Waals surface area contributed by atoms with Crippen LogP contribution in [0.25, 0.3) is 0 Å². The van der Waals surface area contributed by atoms with Crippen LogP contribution in [0.2, 0.25) is 5.02 Å². The summed E-state index contributed by atoms with van der Waals surface area (Å²) < 4.78 is 0. The molecule has 0 aliphatic carbocycles. The molecule has 76 valence electrons. The fourth-order valence-electron chi connectivity index (χ4n) is 1.04. The molecule has 0 fully saturated rings. The Hall–Kier alpha value is -0.870. The SMILES string of the molecule is CN(CCC(N)=S)c1ncccc1Cl. The fraction of sp³-hybridized carbons (Fsp3) is 0.333. The van der Waals surface area contributed by atoms with Crippen LogP contribution in [0.5, 0.6) is 0 Å². The molecule has 1 aromatic heterocycles. The smallest absolute Gasteiger partial charge is 0.147 e. The molecule has 0 atom stereocenters. The van der Waals surface area contributed by atoms with Gasteiger partial charge in [-0.15, -0.1) is 0 Å². The van der Waals surface area contributed by atoms with Gasteiger partial charge in [-0.05, 0) is 12.1 Å². The van der Waals surface area contributed by atoms with Crippen molar-refractivity contribution >= 4 is 34.6 Å². The van der Waals surface area contributed by atoms with Gasteiger partial charge >= 0.3 is 0 Å². The van der Waals surface area contributed by atoms with E-state index >= 15 is 0 Å². The van der Waals surface area contributed by atoms with Crippen molar-refractivity contribution in [1.29, 1.82) is 0 Å². The fourth-order valence-corrected chi connectivity index (χ4v) is 1.40. The second-order valence-corrected chi connectivity index (χ2v) is 3.88. The average Bonchev–Trinajstić information content (AvgIpc) is 2.15. The molecular weight excluding hydrogens is 218 g/mol. The summed E-state index contributed by atoms with van der Waals surface area (Å²) in [7, 11) is 1.91. The predicted octanol–water partition coefficient (Wildman–Crippen LogP) is 1.85. The van der Waals surface area contributed by atoms with Gasteiger partial charge in [-0.2, -0.15) is 0 Å². The minimum atomic E-state index is 0.504. The van der Waals surface area contributed by atoms with Gasteiger partial charge in [0.15, 0.2) is 0 Å². The number of rotatable bonds is 4. The quantitative estimate of drug-likeness (QED) is 0.801. The summed E-state index contributed by atoms with van der Waals surface area (Å²) in [5, 5.41) is 0.637. The number of pyridine rings is 1. The van der Waals surface area contributed by atoms with E-state index in [1.165, 1.54) is 0 Å². The van der Waals surface area contributed by atoms with Gasteiger partial charge in [0.2, 0.25) is 0 Å². The summed E-state index contributed by atoms with van der Waals surface area (Å²) in [6, 6.07) is 3.61. The number of nitrogens with two attached hydrogens (primary N) is 1. The third-order valence-corrected chi connectivity index (χ3v) is 2.29. The van der Waals surface area contributed by atoms with Crippen molar-refractivity contribution in [1.82, 2.24) is 4.98 Å². The number of anilines is 1. The Kier molecular flexibility index (Phi) is 4.10.